The van der Waals surface area contributed by atoms with Gasteiger partial charge in [-0.05, 0) is 19.8 Å². The highest BCUT2D eigenvalue weighted by molar-refractivity contribution is 5.91. The number of hydrogen-bond donors (Lipinski definition) is 1. The van der Waals surface area contributed by atoms with Crippen LogP contribution in [0.1, 0.15) is 29.0 Å². The Morgan fingerprint density at radius 3 is 2.80 bits per heavy atom. The van der Waals surface area contributed by atoms with E-state index in [4.69, 9.17) is 0 Å². The molecule has 3 rings (SSSR count). The Hall–Kier alpha value is -2.61. The van der Waals surface area contributed by atoms with Gasteiger partial charge in [0.1, 0.15) is 11.5 Å². The Balaban J connectivity index is 1.68. The lowest BCUT2D eigenvalue weighted by molar-refractivity contribution is -0.000304. The SMILES string of the molecule is Cc1cnc(C(=O)N(C)CC2(O)CCCN(c3cnccn3)C2)cn1. The summed E-state index contributed by atoms with van der Waals surface area (Å²) in [7, 11) is 1.67. The lowest BCUT2D eigenvalue weighted by atomic mass is 9.92. The van der Waals surface area contributed by atoms with E-state index in [0.717, 1.165) is 24.5 Å². The molecule has 0 radical (unpaired) electrons. The molecule has 1 fully saturated rings. The van der Waals surface area contributed by atoms with Crippen LogP contribution < -0.4 is 4.90 Å². The number of piperidine rings is 1. The third-order valence-corrected chi connectivity index (χ3v) is 4.31. The maximum Gasteiger partial charge on any atom is 0.273 e. The van der Waals surface area contributed by atoms with Gasteiger partial charge in [-0.2, -0.15) is 0 Å². The van der Waals surface area contributed by atoms with Crippen molar-refractivity contribution in [1.29, 1.82) is 0 Å². The van der Waals surface area contributed by atoms with Gasteiger partial charge in [0.05, 0.1) is 30.2 Å². The fraction of sp³-hybridized carbons (Fsp3) is 0.471. The fourth-order valence-corrected chi connectivity index (χ4v) is 3.10. The monoisotopic (exact) mass is 342 g/mol. The number of likely N-dealkylation sites (N-methyl/N-ethyl adjacent to an activating group) is 1. The second-order valence-electron chi connectivity index (χ2n) is 6.52. The minimum atomic E-state index is -1.00. The van der Waals surface area contributed by atoms with Gasteiger partial charge in [0, 0.05) is 38.7 Å². The maximum absolute atomic E-state index is 12.5. The number of carbonyl (C=O) groups is 1. The molecule has 3 heterocycles. The number of anilines is 1. The van der Waals surface area contributed by atoms with Gasteiger partial charge in [0.2, 0.25) is 0 Å². The molecule has 8 nitrogen and oxygen atoms in total. The zero-order valence-corrected chi connectivity index (χ0v) is 14.5. The fourth-order valence-electron chi connectivity index (χ4n) is 3.10. The summed E-state index contributed by atoms with van der Waals surface area (Å²) in [4.78, 5) is 32.6. The van der Waals surface area contributed by atoms with Crippen LogP contribution >= 0.6 is 0 Å². The van der Waals surface area contributed by atoms with Crippen molar-refractivity contribution in [1.82, 2.24) is 24.8 Å². The zero-order chi connectivity index (χ0) is 17.9. The van der Waals surface area contributed by atoms with Crippen LogP contribution in [-0.4, -0.2) is 68.1 Å². The Morgan fingerprint density at radius 2 is 2.12 bits per heavy atom. The molecule has 1 N–H and O–H groups in total. The molecule has 0 bridgehead atoms. The van der Waals surface area contributed by atoms with E-state index in [9.17, 15) is 9.90 Å². The van der Waals surface area contributed by atoms with E-state index in [1.165, 1.54) is 11.1 Å². The predicted octanol–water partition coefficient (Wildman–Crippen LogP) is 0.679. The number of carbonyl (C=O) groups excluding carboxylic acids is 1. The summed E-state index contributed by atoms with van der Waals surface area (Å²) in [5.74, 6) is 0.483. The van der Waals surface area contributed by atoms with Gasteiger partial charge in [-0.3, -0.25) is 14.8 Å². The lowest BCUT2D eigenvalue weighted by Gasteiger charge is -2.41. The molecular weight excluding hydrogens is 320 g/mol. The summed E-state index contributed by atoms with van der Waals surface area (Å²) < 4.78 is 0. The van der Waals surface area contributed by atoms with E-state index >= 15 is 0 Å². The van der Waals surface area contributed by atoms with Crippen LogP contribution in [0, 0.1) is 6.92 Å². The van der Waals surface area contributed by atoms with Crippen LogP contribution in [0.5, 0.6) is 0 Å². The Kier molecular flexibility index (Phi) is 4.89. The maximum atomic E-state index is 12.5. The molecule has 0 aromatic carbocycles. The van der Waals surface area contributed by atoms with Gasteiger partial charge in [-0.15, -0.1) is 0 Å². The minimum Gasteiger partial charge on any atom is -0.386 e. The first kappa shape index (κ1) is 17.2. The average molecular weight is 342 g/mol. The molecule has 1 aliphatic rings. The number of β-amino-alcohol motifs (C(OH)–C–C–N with tert-alkyl or cyclic N) is 1. The largest absolute Gasteiger partial charge is 0.386 e. The molecule has 1 aliphatic heterocycles. The number of hydrogen-bond acceptors (Lipinski definition) is 7. The molecule has 0 aliphatic carbocycles. The van der Waals surface area contributed by atoms with E-state index in [1.807, 2.05) is 11.8 Å². The van der Waals surface area contributed by atoms with Crippen LogP contribution in [-0.2, 0) is 0 Å². The third-order valence-electron chi connectivity index (χ3n) is 4.31. The van der Waals surface area contributed by atoms with Crippen LogP contribution in [0.25, 0.3) is 0 Å². The lowest BCUT2D eigenvalue weighted by Crippen LogP contribution is -2.55. The molecule has 1 amide bonds. The molecule has 1 atom stereocenters. The van der Waals surface area contributed by atoms with Crippen molar-refractivity contribution in [3.8, 4) is 0 Å². The Labute approximate surface area is 146 Å². The molecule has 0 spiro atoms. The number of amides is 1. The molecule has 2 aromatic rings. The van der Waals surface area contributed by atoms with E-state index in [1.54, 1.807) is 31.8 Å². The first-order valence-electron chi connectivity index (χ1n) is 8.24. The van der Waals surface area contributed by atoms with Crippen molar-refractivity contribution in [2.24, 2.45) is 0 Å². The quantitative estimate of drug-likeness (QED) is 0.873. The number of aryl methyl sites for hydroxylation is 1. The van der Waals surface area contributed by atoms with E-state index in [2.05, 4.69) is 19.9 Å². The normalized spacial score (nSPS) is 20.4. The van der Waals surface area contributed by atoms with Crippen molar-refractivity contribution >= 4 is 11.7 Å². The third kappa shape index (κ3) is 4.08. The van der Waals surface area contributed by atoms with E-state index in [-0.39, 0.29) is 18.1 Å². The first-order valence-corrected chi connectivity index (χ1v) is 8.24. The molecule has 132 valence electrons. The summed E-state index contributed by atoms with van der Waals surface area (Å²) in [6, 6.07) is 0. The molecular formula is C17H22N6O2. The van der Waals surface area contributed by atoms with Gasteiger partial charge in [-0.1, -0.05) is 0 Å². The Morgan fingerprint density at radius 1 is 1.28 bits per heavy atom. The van der Waals surface area contributed by atoms with Crippen molar-refractivity contribution in [3.63, 3.8) is 0 Å². The summed E-state index contributed by atoms with van der Waals surface area (Å²) in [6.45, 7) is 3.25. The van der Waals surface area contributed by atoms with E-state index < -0.39 is 5.60 Å². The predicted molar refractivity (Wildman–Crippen MR) is 92.2 cm³/mol. The summed E-state index contributed by atoms with van der Waals surface area (Å²) in [6.07, 6.45) is 9.41. The van der Waals surface area contributed by atoms with Crippen LogP contribution in [0.4, 0.5) is 5.82 Å². The van der Waals surface area contributed by atoms with Crippen LogP contribution in [0.15, 0.2) is 31.0 Å². The zero-order valence-electron chi connectivity index (χ0n) is 14.5. The first-order chi connectivity index (χ1) is 12.0. The molecule has 25 heavy (non-hydrogen) atoms. The topological polar surface area (TPSA) is 95.3 Å². The highest BCUT2D eigenvalue weighted by Gasteiger charge is 2.36. The molecule has 1 saturated heterocycles. The standard InChI is InChI=1S/C17H22N6O2/c1-13-8-21-14(9-20-13)16(24)22(2)11-17(25)4-3-7-23(12-17)15-10-18-5-6-19-15/h5-6,8-10,25H,3-4,7,11-12H2,1-2H3. The number of rotatable bonds is 4. The van der Waals surface area contributed by atoms with Crippen molar-refractivity contribution in [2.45, 2.75) is 25.4 Å². The number of aliphatic hydroxyl groups is 1. The van der Waals surface area contributed by atoms with E-state index in [0.29, 0.717) is 13.0 Å². The highest BCUT2D eigenvalue weighted by atomic mass is 16.3. The molecule has 0 saturated carbocycles. The van der Waals surface area contributed by atoms with Gasteiger partial charge in [-0.25, -0.2) is 9.97 Å². The van der Waals surface area contributed by atoms with Crippen molar-refractivity contribution < 1.29 is 9.90 Å². The van der Waals surface area contributed by atoms with Crippen LogP contribution in [0.3, 0.4) is 0 Å². The molecule has 1 unspecified atom stereocenters. The van der Waals surface area contributed by atoms with Crippen molar-refractivity contribution in [2.75, 3.05) is 31.6 Å². The molecule has 2 aromatic heterocycles. The van der Waals surface area contributed by atoms with Crippen LogP contribution in [0.2, 0.25) is 0 Å². The second-order valence-corrected chi connectivity index (χ2v) is 6.52. The summed E-state index contributed by atoms with van der Waals surface area (Å²) >= 11 is 0. The second kappa shape index (κ2) is 7.10. The minimum absolute atomic E-state index is 0.220. The average Bonchev–Trinajstić information content (AvgIpc) is 2.62. The smallest absolute Gasteiger partial charge is 0.273 e. The van der Waals surface area contributed by atoms with Gasteiger partial charge in [0.25, 0.3) is 5.91 Å². The van der Waals surface area contributed by atoms with Gasteiger partial charge < -0.3 is 14.9 Å². The van der Waals surface area contributed by atoms with Gasteiger partial charge >= 0.3 is 0 Å². The number of nitrogens with zero attached hydrogens (tertiary/aromatic N) is 6. The van der Waals surface area contributed by atoms with Crippen molar-refractivity contribution in [3.05, 3.63) is 42.4 Å². The highest BCUT2D eigenvalue weighted by Crippen LogP contribution is 2.25. The summed E-state index contributed by atoms with van der Waals surface area (Å²) in [5, 5.41) is 11.0. The molecule has 8 heteroatoms. The Bertz CT molecular complexity index is 724. The number of aromatic nitrogens is 4. The van der Waals surface area contributed by atoms with Gasteiger partial charge in [0.15, 0.2) is 0 Å². The summed E-state index contributed by atoms with van der Waals surface area (Å²) in [5.41, 5.74) is 0.0289.